The van der Waals surface area contributed by atoms with Gasteiger partial charge in [-0.3, -0.25) is 14.9 Å². The van der Waals surface area contributed by atoms with Crippen LogP contribution in [-0.4, -0.2) is 42.8 Å². The Morgan fingerprint density at radius 3 is 2.40 bits per heavy atom. The van der Waals surface area contributed by atoms with E-state index in [2.05, 4.69) is 36.8 Å². The molecular weight excluding hydrogens is 472 g/mol. The van der Waals surface area contributed by atoms with Gasteiger partial charge in [-0.1, -0.05) is 39.4 Å². The van der Waals surface area contributed by atoms with Crippen molar-refractivity contribution in [1.29, 1.82) is 0 Å². The molecular formula is C20H19BrN4O4S. The van der Waals surface area contributed by atoms with Crippen molar-refractivity contribution in [2.45, 2.75) is 6.42 Å². The van der Waals surface area contributed by atoms with Gasteiger partial charge >= 0.3 is 0 Å². The number of ether oxygens (including phenoxy) is 2. The van der Waals surface area contributed by atoms with Crippen molar-refractivity contribution >= 4 is 44.2 Å². The highest BCUT2D eigenvalue weighted by atomic mass is 79.9. The monoisotopic (exact) mass is 490 g/mol. The Morgan fingerprint density at radius 2 is 1.73 bits per heavy atom. The highest BCUT2D eigenvalue weighted by Crippen LogP contribution is 2.29. The lowest BCUT2D eigenvalue weighted by atomic mass is 10.1. The lowest BCUT2D eigenvalue weighted by Crippen LogP contribution is -2.25. The third-order valence-electron chi connectivity index (χ3n) is 4.05. The van der Waals surface area contributed by atoms with Crippen molar-refractivity contribution in [1.82, 2.24) is 15.5 Å². The molecule has 0 radical (unpaired) electrons. The Hall–Kier alpha value is -2.98. The summed E-state index contributed by atoms with van der Waals surface area (Å²) in [6, 6.07) is 12.2. The summed E-state index contributed by atoms with van der Waals surface area (Å²) in [5, 5.41) is 14.6. The van der Waals surface area contributed by atoms with Crippen LogP contribution >= 0.6 is 27.3 Å². The van der Waals surface area contributed by atoms with Gasteiger partial charge in [0.2, 0.25) is 5.13 Å². The fraction of sp³-hybridized carbons (Fsp3) is 0.200. The van der Waals surface area contributed by atoms with E-state index in [9.17, 15) is 9.59 Å². The quantitative estimate of drug-likeness (QED) is 0.500. The van der Waals surface area contributed by atoms with Crippen LogP contribution in [0.25, 0.3) is 0 Å². The summed E-state index contributed by atoms with van der Waals surface area (Å²) in [5.74, 6) is 0.214. The van der Waals surface area contributed by atoms with Crippen LogP contribution in [0, 0.1) is 0 Å². The number of benzene rings is 2. The SMILES string of the molecule is COc1cccc(OC)c1C(=O)Nc1nnc(CCNC(=O)c2cccc(Br)c2)s1. The first-order valence-corrected chi connectivity index (χ1v) is 10.5. The zero-order chi connectivity index (χ0) is 21.5. The molecule has 156 valence electrons. The van der Waals surface area contributed by atoms with Crippen molar-refractivity contribution in [2.75, 3.05) is 26.1 Å². The summed E-state index contributed by atoms with van der Waals surface area (Å²) in [6.07, 6.45) is 0.491. The van der Waals surface area contributed by atoms with E-state index in [0.717, 1.165) is 4.47 Å². The maximum atomic E-state index is 12.7. The third kappa shape index (κ3) is 5.33. The van der Waals surface area contributed by atoms with Gasteiger partial charge in [-0.25, -0.2) is 0 Å². The molecule has 0 saturated heterocycles. The summed E-state index contributed by atoms with van der Waals surface area (Å²) >= 11 is 4.58. The molecule has 0 saturated carbocycles. The summed E-state index contributed by atoms with van der Waals surface area (Å²) in [7, 11) is 2.97. The molecule has 2 amide bonds. The first kappa shape index (κ1) is 21.7. The van der Waals surface area contributed by atoms with Crippen molar-refractivity contribution in [3.05, 3.63) is 63.1 Å². The predicted octanol–water partition coefficient (Wildman–Crippen LogP) is 3.54. The van der Waals surface area contributed by atoms with Gasteiger partial charge in [0.05, 0.1) is 14.2 Å². The Kier molecular flexibility index (Phi) is 7.36. The van der Waals surface area contributed by atoms with Gasteiger partial charge in [0, 0.05) is 23.0 Å². The van der Waals surface area contributed by atoms with E-state index in [0.29, 0.717) is 40.2 Å². The van der Waals surface area contributed by atoms with E-state index in [1.807, 2.05) is 6.07 Å². The van der Waals surface area contributed by atoms with Crippen LogP contribution in [0.5, 0.6) is 11.5 Å². The van der Waals surface area contributed by atoms with Gasteiger partial charge < -0.3 is 14.8 Å². The number of hydrogen-bond acceptors (Lipinski definition) is 7. The van der Waals surface area contributed by atoms with E-state index >= 15 is 0 Å². The van der Waals surface area contributed by atoms with Gasteiger partial charge in [-0.2, -0.15) is 0 Å². The molecule has 3 rings (SSSR count). The molecule has 0 aliphatic heterocycles. The van der Waals surface area contributed by atoms with Crippen LogP contribution in [-0.2, 0) is 6.42 Å². The molecule has 2 aromatic carbocycles. The number of amides is 2. The normalized spacial score (nSPS) is 10.4. The Morgan fingerprint density at radius 1 is 1.03 bits per heavy atom. The molecule has 0 atom stereocenters. The molecule has 3 aromatic rings. The zero-order valence-corrected chi connectivity index (χ0v) is 18.7. The van der Waals surface area contributed by atoms with Gasteiger partial charge in [0.1, 0.15) is 22.1 Å². The van der Waals surface area contributed by atoms with Crippen molar-refractivity contribution in [2.24, 2.45) is 0 Å². The average Bonchev–Trinajstić information content (AvgIpc) is 3.19. The number of nitrogens with zero attached hydrogens (tertiary/aromatic N) is 2. The molecule has 0 unspecified atom stereocenters. The van der Waals surface area contributed by atoms with Gasteiger partial charge in [-0.15, -0.1) is 10.2 Å². The van der Waals surface area contributed by atoms with Crippen LogP contribution in [0.1, 0.15) is 25.7 Å². The molecule has 10 heteroatoms. The maximum Gasteiger partial charge on any atom is 0.265 e. The number of nitrogens with one attached hydrogen (secondary N) is 2. The van der Waals surface area contributed by atoms with Crippen LogP contribution in [0.2, 0.25) is 0 Å². The molecule has 0 aliphatic rings. The number of carbonyl (C=O) groups is 2. The molecule has 8 nitrogen and oxygen atoms in total. The zero-order valence-electron chi connectivity index (χ0n) is 16.3. The summed E-state index contributed by atoms with van der Waals surface area (Å²) in [4.78, 5) is 24.8. The minimum Gasteiger partial charge on any atom is -0.496 e. The first-order chi connectivity index (χ1) is 14.5. The van der Waals surface area contributed by atoms with Crippen LogP contribution in [0.4, 0.5) is 5.13 Å². The second-order valence-corrected chi connectivity index (χ2v) is 7.99. The number of halogens is 1. The van der Waals surface area contributed by atoms with Crippen molar-refractivity contribution in [3.8, 4) is 11.5 Å². The van der Waals surface area contributed by atoms with Gasteiger partial charge in [0.25, 0.3) is 11.8 Å². The summed E-state index contributed by atoms with van der Waals surface area (Å²) < 4.78 is 11.3. The van der Waals surface area contributed by atoms with E-state index in [1.165, 1.54) is 25.6 Å². The fourth-order valence-electron chi connectivity index (χ4n) is 2.65. The molecule has 1 aromatic heterocycles. The minimum atomic E-state index is -0.407. The first-order valence-electron chi connectivity index (χ1n) is 8.90. The van der Waals surface area contributed by atoms with Crippen molar-refractivity contribution < 1.29 is 19.1 Å². The van der Waals surface area contributed by atoms with Crippen molar-refractivity contribution in [3.63, 3.8) is 0 Å². The Labute approximate surface area is 185 Å². The number of carbonyl (C=O) groups excluding carboxylic acids is 2. The predicted molar refractivity (Wildman–Crippen MR) is 118 cm³/mol. The standard InChI is InChI=1S/C20H19BrN4O4S/c1-28-14-7-4-8-15(29-2)17(14)19(27)23-20-25-24-16(30-20)9-10-22-18(26)12-5-3-6-13(21)11-12/h3-8,11H,9-10H2,1-2H3,(H,22,26)(H,23,25,27). The molecule has 30 heavy (non-hydrogen) atoms. The number of methoxy groups -OCH3 is 2. The average molecular weight is 491 g/mol. The van der Waals surface area contributed by atoms with E-state index in [-0.39, 0.29) is 11.5 Å². The lowest BCUT2D eigenvalue weighted by Gasteiger charge is -2.11. The van der Waals surface area contributed by atoms with E-state index < -0.39 is 5.91 Å². The van der Waals surface area contributed by atoms with Crippen LogP contribution < -0.4 is 20.1 Å². The highest BCUT2D eigenvalue weighted by Gasteiger charge is 2.19. The number of anilines is 1. The number of rotatable bonds is 8. The largest absolute Gasteiger partial charge is 0.496 e. The Bertz CT molecular complexity index is 1030. The molecule has 0 spiro atoms. The molecule has 0 bridgehead atoms. The second kappa shape index (κ2) is 10.2. The smallest absolute Gasteiger partial charge is 0.265 e. The van der Waals surface area contributed by atoms with Crippen LogP contribution in [0.3, 0.4) is 0 Å². The Balaban J connectivity index is 1.58. The fourth-order valence-corrected chi connectivity index (χ4v) is 3.79. The van der Waals surface area contributed by atoms with Crippen LogP contribution in [0.15, 0.2) is 46.9 Å². The molecule has 0 aliphatic carbocycles. The molecule has 1 heterocycles. The topological polar surface area (TPSA) is 102 Å². The van der Waals surface area contributed by atoms with E-state index in [4.69, 9.17) is 9.47 Å². The minimum absolute atomic E-state index is 0.169. The second-order valence-electron chi connectivity index (χ2n) is 6.01. The lowest BCUT2D eigenvalue weighted by molar-refractivity contribution is 0.0953. The van der Waals surface area contributed by atoms with E-state index in [1.54, 1.807) is 36.4 Å². The molecule has 0 fully saturated rings. The number of aromatic nitrogens is 2. The maximum absolute atomic E-state index is 12.7. The third-order valence-corrected chi connectivity index (χ3v) is 5.45. The highest BCUT2D eigenvalue weighted by molar-refractivity contribution is 9.10. The number of hydrogen-bond donors (Lipinski definition) is 2. The molecule has 2 N–H and O–H groups in total. The van der Waals surface area contributed by atoms with Gasteiger partial charge in [-0.05, 0) is 30.3 Å². The summed E-state index contributed by atoms with van der Waals surface area (Å²) in [5.41, 5.74) is 0.848. The van der Waals surface area contributed by atoms with Gasteiger partial charge in [0.15, 0.2) is 0 Å². The summed E-state index contributed by atoms with van der Waals surface area (Å²) in [6.45, 7) is 0.397.